The van der Waals surface area contributed by atoms with Crippen molar-refractivity contribution in [2.75, 3.05) is 42.3 Å². The number of thioether (sulfide) groups is 1. The molecule has 7 heteroatoms. The van der Waals surface area contributed by atoms with E-state index in [1.165, 1.54) is 0 Å². The van der Waals surface area contributed by atoms with Crippen LogP contribution in [0.2, 0.25) is 0 Å². The molecule has 6 nitrogen and oxygen atoms in total. The number of morpholine rings is 1. The highest BCUT2D eigenvalue weighted by atomic mass is 32.2. The second-order valence-electron chi connectivity index (χ2n) is 6.87. The van der Waals surface area contributed by atoms with Crippen molar-refractivity contribution in [2.45, 2.75) is 30.7 Å². The summed E-state index contributed by atoms with van der Waals surface area (Å²) in [5, 5.41) is 3.07. The fourth-order valence-electron chi connectivity index (χ4n) is 3.89. The Bertz CT molecular complexity index is 692. The largest absolute Gasteiger partial charge is 0.378 e. The third kappa shape index (κ3) is 3.00. The summed E-state index contributed by atoms with van der Waals surface area (Å²) in [7, 11) is 0. The van der Waals surface area contributed by atoms with Crippen LogP contribution in [0.4, 0.5) is 11.4 Å². The standard InChI is InChI=1S/C18H23N3O3S/c1-18-7-6-16(22)21(18)15(12-25-18)17(23)19-13-4-2-3-5-14(13)20-8-10-24-11-9-20/h2-5,15H,6-12H2,1H3,(H,19,23)/t15-,18-/m1/s1. The lowest BCUT2D eigenvalue weighted by atomic mass is 10.2. The topological polar surface area (TPSA) is 61.9 Å². The summed E-state index contributed by atoms with van der Waals surface area (Å²) >= 11 is 1.72. The zero-order valence-electron chi connectivity index (χ0n) is 14.4. The third-order valence-electron chi connectivity index (χ3n) is 5.26. The number of carbonyl (C=O) groups excluding carboxylic acids is 2. The number of hydrogen-bond acceptors (Lipinski definition) is 5. The SMILES string of the molecule is C[C@@]12CCC(=O)N1[C@@H](C(=O)Nc1ccccc1N1CCOCC1)CS2. The van der Waals surface area contributed by atoms with Gasteiger partial charge in [-0.15, -0.1) is 11.8 Å². The number of anilines is 2. The van der Waals surface area contributed by atoms with Crippen molar-refractivity contribution in [1.82, 2.24) is 4.90 Å². The van der Waals surface area contributed by atoms with Gasteiger partial charge in [-0.25, -0.2) is 0 Å². The van der Waals surface area contributed by atoms with Crippen molar-refractivity contribution in [3.05, 3.63) is 24.3 Å². The Labute approximate surface area is 151 Å². The first kappa shape index (κ1) is 16.7. The van der Waals surface area contributed by atoms with E-state index in [1.807, 2.05) is 24.3 Å². The van der Waals surface area contributed by atoms with Crippen LogP contribution in [-0.4, -0.2) is 59.7 Å². The molecule has 3 fully saturated rings. The van der Waals surface area contributed by atoms with E-state index in [9.17, 15) is 9.59 Å². The number of amides is 2. The van der Waals surface area contributed by atoms with Crippen LogP contribution in [0.15, 0.2) is 24.3 Å². The molecule has 0 aromatic heterocycles. The molecule has 3 aliphatic heterocycles. The van der Waals surface area contributed by atoms with Gasteiger partial charge in [0.15, 0.2) is 0 Å². The Morgan fingerprint density at radius 3 is 2.88 bits per heavy atom. The summed E-state index contributed by atoms with van der Waals surface area (Å²) in [5.74, 6) is 0.662. The maximum atomic E-state index is 12.9. The molecule has 3 saturated heterocycles. The lowest BCUT2D eigenvalue weighted by molar-refractivity contribution is -0.135. The summed E-state index contributed by atoms with van der Waals surface area (Å²) in [4.78, 5) is 29.0. The molecule has 1 aromatic carbocycles. The number of carbonyl (C=O) groups is 2. The van der Waals surface area contributed by atoms with Crippen molar-refractivity contribution in [3.8, 4) is 0 Å². The van der Waals surface area contributed by atoms with Gasteiger partial charge >= 0.3 is 0 Å². The average molecular weight is 361 g/mol. The molecule has 0 unspecified atom stereocenters. The molecule has 1 aromatic rings. The average Bonchev–Trinajstić information content (AvgIpc) is 3.12. The van der Waals surface area contributed by atoms with Gasteiger partial charge in [-0.2, -0.15) is 0 Å². The third-order valence-corrected chi connectivity index (χ3v) is 6.77. The van der Waals surface area contributed by atoms with Crippen LogP contribution in [0, 0.1) is 0 Å². The van der Waals surface area contributed by atoms with E-state index in [0.29, 0.717) is 25.4 Å². The molecule has 3 aliphatic rings. The number of fused-ring (bicyclic) bond motifs is 1. The van der Waals surface area contributed by atoms with E-state index in [4.69, 9.17) is 4.74 Å². The van der Waals surface area contributed by atoms with Gasteiger partial charge in [0.1, 0.15) is 6.04 Å². The predicted octanol–water partition coefficient (Wildman–Crippen LogP) is 1.92. The first-order chi connectivity index (χ1) is 12.1. The normalized spacial score (nSPS) is 29.0. The highest BCUT2D eigenvalue weighted by molar-refractivity contribution is 8.01. The van der Waals surface area contributed by atoms with Gasteiger partial charge < -0.3 is 19.9 Å². The highest BCUT2D eigenvalue weighted by Crippen LogP contribution is 2.47. The van der Waals surface area contributed by atoms with Gasteiger partial charge in [0.05, 0.1) is 29.5 Å². The molecule has 3 heterocycles. The highest BCUT2D eigenvalue weighted by Gasteiger charge is 2.52. The number of benzene rings is 1. The molecule has 1 N–H and O–H groups in total. The van der Waals surface area contributed by atoms with E-state index in [2.05, 4.69) is 17.1 Å². The maximum Gasteiger partial charge on any atom is 0.248 e. The van der Waals surface area contributed by atoms with Crippen LogP contribution in [-0.2, 0) is 14.3 Å². The van der Waals surface area contributed by atoms with Gasteiger partial charge in [-0.3, -0.25) is 9.59 Å². The molecule has 134 valence electrons. The molecule has 2 atom stereocenters. The minimum absolute atomic E-state index is 0.0906. The minimum Gasteiger partial charge on any atom is -0.378 e. The first-order valence-electron chi connectivity index (χ1n) is 8.77. The number of nitrogens with one attached hydrogen (secondary N) is 1. The number of rotatable bonds is 3. The Balaban J connectivity index is 1.53. The smallest absolute Gasteiger partial charge is 0.248 e. The van der Waals surface area contributed by atoms with Crippen LogP contribution in [0.3, 0.4) is 0 Å². The molecule has 0 spiro atoms. The minimum atomic E-state index is -0.386. The summed E-state index contributed by atoms with van der Waals surface area (Å²) in [6.07, 6.45) is 1.36. The molecule has 25 heavy (non-hydrogen) atoms. The van der Waals surface area contributed by atoms with Crippen molar-refractivity contribution in [2.24, 2.45) is 0 Å². The molecular weight excluding hydrogens is 338 g/mol. The van der Waals surface area contributed by atoms with E-state index < -0.39 is 0 Å². The number of hydrogen-bond donors (Lipinski definition) is 1. The molecule has 2 amide bonds. The molecule has 0 bridgehead atoms. The van der Waals surface area contributed by atoms with Crippen molar-refractivity contribution >= 4 is 35.0 Å². The Morgan fingerprint density at radius 1 is 1.32 bits per heavy atom. The molecule has 0 radical (unpaired) electrons. The van der Waals surface area contributed by atoms with Crippen molar-refractivity contribution in [3.63, 3.8) is 0 Å². The van der Waals surface area contributed by atoms with Crippen molar-refractivity contribution < 1.29 is 14.3 Å². The quantitative estimate of drug-likeness (QED) is 0.891. The Hall–Kier alpha value is -1.73. The zero-order valence-corrected chi connectivity index (χ0v) is 15.2. The lowest BCUT2D eigenvalue weighted by Gasteiger charge is -2.32. The van der Waals surface area contributed by atoms with Crippen molar-refractivity contribution in [1.29, 1.82) is 0 Å². The van der Waals surface area contributed by atoms with Gasteiger partial charge in [-0.1, -0.05) is 12.1 Å². The fraction of sp³-hybridized carbons (Fsp3) is 0.556. The number of nitrogens with zero attached hydrogens (tertiary/aromatic N) is 2. The second-order valence-corrected chi connectivity index (χ2v) is 8.37. The van der Waals surface area contributed by atoms with Crippen LogP contribution in [0.1, 0.15) is 19.8 Å². The Kier molecular flexibility index (Phi) is 4.37. The maximum absolute atomic E-state index is 12.9. The van der Waals surface area contributed by atoms with Gasteiger partial charge in [-0.05, 0) is 25.5 Å². The molecular formula is C18H23N3O3S. The van der Waals surface area contributed by atoms with Gasteiger partial charge in [0.2, 0.25) is 11.8 Å². The van der Waals surface area contributed by atoms with Gasteiger partial charge in [0, 0.05) is 25.3 Å². The summed E-state index contributed by atoms with van der Waals surface area (Å²) in [6, 6.07) is 7.47. The molecule has 0 aliphatic carbocycles. The van der Waals surface area contributed by atoms with E-state index in [0.717, 1.165) is 30.9 Å². The summed E-state index contributed by atoms with van der Waals surface area (Å²) in [6.45, 7) is 5.09. The van der Waals surface area contributed by atoms with Gasteiger partial charge in [0.25, 0.3) is 0 Å². The monoisotopic (exact) mass is 361 g/mol. The van der Waals surface area contributed by atoms with Crippen LogP contribution < -0.4 is 10.2 Å². The van der Waals surface area contributed by atoms with E-state index in [-0.39, 0.29) is 22.7 Å². The van der Waals surface area contributed by atoms with E-state index in [1.54, 1.807) is 16.7 Å². The zero-order chi connectivity index (χ0) is 17.4. The van der Waals surface area contributed by atoms with Crippen LogP contribution in [0.25, 0.3) is 0 Å². The number of para-hydroxylation sites is 2. The van der Waals surface area contributed by atoms with Crippen LogP contribution >= 0.6 is 11.8 Å². The number of ether oxygens (including phenoxy) is 1. The summed E-state index contributed by atoms with van der Waals surface area (Å²) < 4.78 is 5.42. The summed E-state index contributed by atoms with van der Waals surface area (Å²) in [5.41, 5.74) is 1.82. The lowest BCUT2D eigenvalue weighted by Crippen LogP contribution is -2.48. The first-order valence-corrected chi connectivity index (χ1v) is 9.76. The van der Waals surface area contributed by atoms with Crippen LogP contribution in [0.5, 0.6) is 0 Å². The predicted molar refractivity (Wildman–Crippen MR) is 98.8 cm³/mol. The second kappa shape index (κ2) is 6.53. The Morgan fingerprint density at radius 2 is 2.08 bits per heavy atom. The van der Waals surface area contributed by atoms with E-state index >= 15 is 0 Å². The molecule has 4 rings (SSSR count). The fourth-order valence-corrected chi connectivity index (χ4v) is 5.32. The molecule has 0 saturated carbocycles.